The first-order chi connectivity index (χ1) is 8.69. The molecule has 3 nitrogen and oxygen atoms in total. The topological polar surface area (TPSA) is 38.3 Å². The first-order valence-corrected chi connectivity index (χ1v) is 8.09. The Morgan fingerprint density at radius 3 is 2.83 bits per heavy atom. The van der Waals surface area contributed by atoms with Crippen LogP contribution in [0.1, 0.15) is 19.8 Å². The average Bonchev–Trinajstić information content (AvgIpc) is 2.36. The summed E-state index contributed by atoms with van der Waals surface area (Å²) < 4.78 is 16.9. The Morgan fingerprint density at radius 1 is 1.44 bits per heavy atom. The van der Waals surface area contributed by atoms with Crippen molar-refractivity contribution in [3.8, 4) is 5.75 Å². The number of hydrogen-bond acceptors (Lipinski definition) is 3. The van der Waals surface area contributed by atoms with E-state index in [4.69, 9.17) is 16.3 Å². The maximum atomic E-state index is 11.3. The molecule has 1 aromatic rings. The quantitative estimate of drug-likeness (QED) is 0.925. The first-order valence-electron chi connectivity index (χ1n) is 6.23. The van der Waals surface area contributed by atoms with Gasteiger partial charge in [0.05, 0.1) is 12.3 Å². The van der Waals surface area contributed by atoms with Crippen molar-refractivity contribution in [1.29, 1.82) is 0 Å². The summed E-state index contributed by atoms with van der Waals surface area (Å²) >= 11 is 6.01. The molecule has 0 saturated carbocycles. The van der Waals surface area contributed by atoms with E-state index in [1.54, 1.807) is 0 Å². The summed E-state index contributed by atoms with van der Waals surface area (Å²) in [6, 6.07) is 5.96. The van der Waals surface area contributed by atoms with Gasteiger partial charge in [-0.05, 0) is 38.0 Å². The molecule has 0 spiro atoms. The molecule has 1 heterocycles. The van der Waals surface area contributed by atoms with Crippen LogP contribution in [0.4, 0.5) is 5.69 Å². The lowest BCUT2D eigenvalue weighted by molar-refractivity contribution is 0.341. The van der Waals surface area contributed by atoms with Gasteiger partial charge in [-0.2, -0.15) is 0 Å². The Balaban J connectivity index is 2.07. The number of ether oxygens (including phenoxy) is 1. The lowest BCUT2D eigenvalue weighted by Crippen LogP contribution is -2.29. The second-order valence-electron chi connectivity index (χ2n) is 4.34. The van der Waals surface area contributed by atoms with Gasteiger partial charge < -0.3 is 10.1 Å². The van der Waals surface area contributed by atoms with E-state index in [-0.39, 0.29) is 0 Å². The van der Waals surface area contributed by atoms with Gasteiger partial charge in [0.1, 0.15) is 5.75 Å². The van der Waals surface area contributed by atoms with Crippen LogP contribution in [0.15, 0.2) is 18.2 Å². The van der Waals surface area contributed by atoms with Gasteiger partial charge in [0.2, 0.25) is 0 Å². The highest BCUT2D eigenvalue weighted by molar-refractivity contribution is 7.85. The molecule has 1 aliphatic heterocycles. The molecule has 1 fully saturated rings. The SMILES string of the molecule is CCOc1ccc(Cl)cc1NC1CCS(=O)CC1. The molecular weight excluding hydrogens is 270 g/mol. The van der Waals surface area contributed by atoms with E-state index in [9.17, 15) is 4.21 Å². The lowest BCUT2D eigenvalue weighted by Gasteiger charge is -2.24. The van der Waals surface area contributed by atoms with E-state index in [0.29, 0.717) is 17.7 Å². The van der Waals surface area contributed by atoms with Gasteiger partial charge in [-0.1, -0.05) is 11.6 Å². The Morgan fingerprint density at radius 2 is 2.17 bits per heavy atom. The molecule has 0 aliphatic carbocycles. The summed E-state index contributed by atoms with van der Waals surface area (Å²) in [5.74, 6) is 2.39. The molecule has 5 heteroatoms. The van der Waals surface area contributed by atoms with Crippen LogP contribution in [0.2, 0.25) is 5.02 Å². The van der Waals surface area contributed by atoms with E-state index in [2.05, 4.69) is 5.32 Å². The lowest BCUT2D eigenvalue weighted by atomic mass is 10.1. The van der Waals surface area contributed by atoms with Crippen molar-refractivity contribution >= 4 is 28.1 Å². The normalized spacial score (nSPS) is 23.7. The maximum absolute atomic E-state index is 11.3. The molecule has 0 amide bonds. The van der Waals surface area contributed by atoms with Crippen molar-refractivity contribution in [3.05, 3.63) is 23.2 Å². The summed E-state index contributed by atoms with van der Waals surface area (Å²) in [6.45, 7) is 2.59. The summed E-state index contributed by atoms with van der Waals surface area (Å²) in [4.78, 5) is 0. The summed E-state index contributed by atoms with van der Waals surface area (Å²) in [5.41, 5.74) is 0.932. The van der Waals surface area contributed by atoms with Crippen molar-refractivity contribution in [2.24, 2.45) is 0 Å². The van der Waals surface area contributed by atoms with Crippen molar-refractivity contribution in [3.63, 3.8) is 0 Å². The van der Waals surface area contributed by atoms with Gasteiger partial charge in [0.15, 0.2) is 0 Å². The number of anilines is 1. The van der Waals surface area contributed by atoms with E-state index >= 15 is 0 Å². The number of hydrogen-bond donors (Lipinski definition) is 1. The standard InChI is InChI=1S/C13H18ClNO2S/c1-2-17-13-4-3-10(14)9-12(13)15-11-5-7-18(16)8-6-11/h3-4,9,11,15H,2,5-8H2,1H3. The predicted octanol–water partition coefficient (Wildman–Crippen LogP) is 3.06. The third-order valence-electron chi connectivity index (χ3n) is 2.99. The zero-order valence-electron chi connectivity index (χ0n) is 10.4. The predicted molar refractivity (Wildman–Crippen MR) is 77.1 cm³/mol. The monoisotopic (exact) mass is 287 g/mol. The largest absolute Gasteiger partial charge is 0.492 e. The Bertz CT molecular complexity index is 429. The highest BCUT2D eigenvalue weighted by atomic mass is 35.5. The zero-order chi connectivity index (χ0) is 13.0. The molecular formula is C13H18ClNO2S. The first kappa shape index (κ1) is 13.7. The minimum absolute atomic E-state index is 0.361. The maximum Gasteiger partial charge on any atom is 0.142 e. The van der Waals surface area contributed by atoms with E-state index in [1.165, 1.54) is 0 Å². The van der Waals surface area contributed by atoms with Crippen molar-refractivity contribution in [2.45, 2.75) is 25.8 Å². The van der Waals surface area contributed by atoms with Crippen molar-refractivity contribution < 1.29 is 8.95 Å². The van der Waals surface area contributed by atoms with Gasteiger partial charge in [-0.15, -0.1) is 0 Å². The Kier molecular flexibility index (Phi) is 4.89. The Labute approximate surface area is 115 Å². The molecule has 1 N–H and O–H groups in total. The van der Waals surface area contributed by atoms with Gasteiger partial charge >= 0.3 is 0 Å². The average molecular weight is 288 g/mol. The minimum Gasteiger partial charge on any atom is -0.492 e. The molecule has 2 rings (SSSR count). The van der Waals surface area contributed by atoms with Crippen molar-refractivity contribution in [2.75, 3.05) is 23.4 Å². The molecule has 1 saturated heterocycles. The van der Waals surface area contributed by atoms with Crippen LogP contribution in [0, 0.1) is 0 Å². The fraction of sp³-hybridized carbons (Fsp3) is 0.538. The van der Waals surface area contributed by atoms with Crippen LogP contribution in [0.3, 0.4) is 0 Å². The van der Waals surface area contributed by atoms with Crippen LogP contribution in [0.5, 0.6) is 5.75 Å². The van der Waals surface area contributed by atoms with Gasteiger partial charge in [0, 0.05) is 33.4 Å². The molecule has 100 valence electrons. The molecule has 0 bridgehead atoms. The number of halogens is 1. The fourth-order valence-electron chi connectivity index (χ4n) is 2.05. The molecule has 18 heavy (non-hydrogen) atoms. The van der Waals surface area contributed by atoms with Crippen LogP contribution in [0.25, 0.3) is 0 Å². The zero-order valence-corrected chi connectivity index (χ0v) is 12.0. The number of rotatable bonds is 4. The molecule has 0 radical (unpaired) electrons. The molecule has 0 unspecified atom stereocenters. The van der Waals surface area contributed by atoms with E-state index in [0.717, 1.165) is 35.8 Å². The smallest absolute Gasteiger partial charge is 0.142 e. The third kappa shape index (κ3) is 3.62. The van der Waals surface area contributed by atoms with Crippen LogP contribution >= 0.6 is 11.6 Å². The summed E-state index contributed by atoms with van der Waals surface area (Å²) in [5, 5.41) is 4.15. The van der Waals surface area contributed by atoms with Gasteiger partial charge in [0.25, 0.3) is 0 Å². The highest BCUT2D eigenvalue weighted by Crippen LogP contribution is 2.30. The highest BCUT2D eigenvalue weighted by Gasteiger charge is 2.18. The van der Waals surface area contributed by atoms with Gasteiger partial charge in [-0.25, -0.2) is 0 Å². The van der Waals surface area contributed by atoms with Gasteiger partial charge in [-0.3, -0.25) is 4.21 Å². The molecule has 1 aromatic carbocycles. The molecule has 1 aliphatic rings. The number of benzene rings is 1. The third-order valence-corrected chi connectivity index (χ3v) is 4.61. The second-order valence-corrected chi connectivity index (χ2v) is 6.47. The Hall–Kier alpha value is -0.740. The van der Waals surface area contributed by atoms with E-state index in [1.807, 2.05) is 25.1 Å². The van der Waals surface area contributed by atoms with Crippen LogP contribution < -0.4 is 10.1 Å². The fourth-order valence-corrected chi connectivity index (χ4v) is 3.53. The van der Waals surface area contributed by atoms with Crippen LogP contribution in [-0.4, -0.2) is 28.4 Å². The number of nitrogens with one attached hydrogen (secondary N) is 1. The molecule has 0 atom stereocenters. The second kappa shape index (κ2) is 6.43. The summed E-state index contributed by atoms with van der Waals surface area (Å²) in [7, 11) is -0.629. The van der Waals surface area contributed by atoms with E-state index < -0.39 is 10.8 Å². The van der Waals surface area contributed by atoms with Crippen molar-refractivity contribution in [1.82, 2.24) is 0 Å². The minimum atomic E-state index is -0.629. The van der Waals surface area contributed by atoms with Crippen LogP contribution in [-0.2, 0) is 10.8 Å². The summed E-state index contributed by atoms with van der Waals surface area (Å²) in [6.07, 6.45) is 1.87. The molecule has 0 aromatic heterocycles.